The number of phenols is 1. The van der Waals surface area contributed by atoms with Crippen LogP contribution in [0.25, 0.3) is 6.08 Å². The molecule has 2 heteroatoms. The molecule has 0 saturated carbocycles. The Bertz CT molecular complexity index is 555. The second-order valence-electron chi connectivity index (χ2n) is 5.86. The van der Waals surface area contributed by atoms with Gasteiger partial charge in [-0.05, 0) is 73.3 Å². The number of allylic oxidation sites excluding steroid dienone is 1. The normalized spacial score (nSPS) is 21.4. The fourth-order valence-electron chi connectivity index (χ4n) is 3.72. The molecule has 0 amide bonds. The number of ether oxygens (including phenoxy) is 1. The molecule has 0 heterocycles. The summed E-state index contributed by atoms with van der Waals surface area (Å²) in [6.45, 7) is 4.23. The van der Waals surface area contributed by atoms with E-state index >= 15 is 0 Å². The van der Waals surface area contributed by atoms with Crippen molar-refractivity contribution in [3.05, 3.63) is 33.6 Å². The number of rotatable bonds is 2. The zero-order chi connectivity index (χ0) is 13.6. The lowest BCUT2D eigenvalue weighted by molar-refractivity contribution is 0.297. The minimum absolute atomic E-state index is 0.511. The van der Waals surface area contributed by atoms with E-state index in [4.69, 9.17) is 4.74 Å². The highest BCUT2D eigenvalue weighted by atomic mass is 16.5. The van der Waals surface area contributed by atoms with Crippen molar-refractivity contribution in [3.63, 3.8) is 0 Å². The maximum Gasteiger partial charge on any atom is 0.126 e. The second kappa shape index (κ2) is 4.59. The maximum atomic E-state index is 10.6. The summed E-state index contributed by atoms with van der Waals surface area (Å²) in [7, 11) is 1.68. The van der Waals surface area contributed by atoms with E-state index in [1.165, 1.54) is 41.5 Å². The van der Waals surface area contributed by atoms with Crippen molar-refractivity contribution in [2.75, 3.05) is 7.11 Å². The van der Waals surface area contributed by atoms with E-state index in [9.17, 15) is 5.11 Å². The molecule has 1 aromatic carbocycles. The molecular formula is C17H22O2. The number of phenolic OH excluding ortho intramolecular Hbond substituents is 1. The first-order valence-corrected chi connectivity index (χ1v) is 7.25. The molecule has 1 aromatic rings. The van der Waals surface area contributed by atoms with Crippen LogP contribution in [-0.4, -0.2) is 12.2 Å². The summed E-state index contributed by atoms with van der Waals surface area (Å²) < 4.78 is 5.26. The Labute approximate surface area is 115 Å². The van der Waals surface area contributed by atoms with Crippen LogP contribution < -0.4 is 0 Å². The molecule has 102 valence electrons. The molecule has 1 N–H and O–H groups in total. The van der Waals surface area contributed by atoms with Gasteiger partial charge in [0, 0.05) is 5.56 Å². The van der Waals surface area contributed by atoms with Crippen LogP contribution in [0.1, 0.15) is 60.4 Å². The molecule has 0 aliphatic heterocycles. The van der Waals surface area contributed by atoms with E-state index in [1.54, 1.807) is 7.11 Å². The van der Waals surface area contributed by atoms with Gasteiger partial charge in [-0.1, -0.05) is 6.92 Å². The second-order valence-corrected chi connectivity index (χ2v) is 5.86. The molecule has 3 rings (SSSR count). The largest absolute Gasteiger partial charge is 0.507 e. The van der Waals surface area contributed by atoms with Gasteiger partial charge in [0.05, 0.1) is 12.9 Å². The maximum absolute atomic E-state index is 10.6. The molecule has 0 spiro atoms. The first-order valence-electron chi connectivity index (χ1n) is 7.25. The van der Waals surface area contributed by atoms with Crippen molar-refractivity contribution in [2.45, 2.75) is 51.9 Å². The van der Waals surface area contributed by atoms with Gasteiger partial charge in [0.25, 0.3) is 0 Å². The Morgan fingerprint density at radius 1 is 1.21 bits per heavy atom. The van der Waals surface area contributed by atoms with Crippen LogP contribution in [-0.2, 0) is 24.0 Å². The predicted octanol–water partition coefficient (Wildman–Crippen LogP) is 3.94. The van der Waals surface area contributed by atoms with Gasteiger partial charge in [0.2, 0.25) is 0 Å². The highest BCUT2D eigenvalue weighted by Gasteiger charge is 2.31. The first kappa shape index (κ1) is 12.6. The highest BCUT2D eigenvalue weighted by molar-refractivity contribution is 5.70. The predicted molar refractivity (Wildman–Crippen MR) is 77.5 cm³/mol. The standard InChI is InChI=1S/C17H22O2/c1-10-7-8-14-16(10)13-6-4-5-12(13)15(17(14)18)9-11(2)19-3/h9-10,18H,4-8H2,1-3H3/b11-9+. The highest BCUT2D eigenvalue weighted by Crippen LogP contribution is 2.47. The fraction of sp³-hybridized carbons (Fsp3) is 0.529. The van der Waals surface area contributed by atoms with E-state index in [-0.39, 0.29) is 0 Å². The summed E-state index contributed by atoms with van der Waals surface area (Å²) in [5.41, 5.74) is 6.55. The summed E-state index contributed by atoms with van der Waals surface area (Å²) in [5.74, 6) is 1.97. The van der Waals surface area contributed by atoms with Gasteiger partial charge >= 0.3 is 0 Å². The summed E-state index contributed by atoms with van der Waals surface area (Å²) in [6, 6.07) is 0. The molecule has 0 saturated heterocycles. The van der Waals surface area contributed by atoms with Crippen LogP contribution in [0.3, 0.4) is 0 Å². The lowest BCUT2D eigenvalue weighted by atomic mass is 9.90. The third-order valence-electron chi connectivity index (χ3n) is 4.72. The van der Waals surface area contributed by atoms with Crippen LogP contribution in [0.4, 0.5) is 0 Å². The van der Waals surface area contributed by atoms with Gasteiger partial charge < -0.3 is 9.84 Å². The average molecular weight is 258 g/mol. The van der Waals surface area contributed by atoms with Crippen molar-refractivity contribution < 1.29 is 9.84 Å². The fourth-order valence-corrected chi connectivity index (χ4v) is 3.72. The van der Waals surface area contributed by atoms with Crippen molar-refractivity contribution in [3.8, 4) is 5.75 Å². The third-order valence-corrected chi connectivity index (χ3v) is 4.72. The van der Waals surface area contributed by atoms with E-state index in [0.29, 0.717) is 11.7 Å². The van der Waals surface area contributed by atoms with Gasteiger partial charge in [0.15, 0.2) is 0 Å². The molecule has 0 radical (unpaired) electrons. The quantitative estimate of drug-likeness (QED) is 0.814. The summed E-state index contributed by atoms with van der Waals surface area (Å²) >= 11 is 0. The SMILES string of the molecule is CO/C(C)=C/c1c(O)c2c(c3c1CCC3)C(C)CC2. The Kier molecular flexibility index (Phi) is 3.04. The van der Waals surface area contributed by atoms with E-state index < -0.39 is 0 Å². The van der Waals surface area contributed by atoms with Crippen molar-refractivity contribution >= 4 is 6.08 Å². The number of aromatic hydroxyl groups is 1. The van der Waals surface area contributed by atoms with Crippen LogP contribution in [0.15, 0.2) is 5.76 Å². The van der Waals surface area contributed by atoms with Gasteiger partial charge in [-0.15, -0.1) is 0 Å². The summed E-state index contributed by atoms with van der Waals surface area (Å²) in [6.07, 6.45) is 7.67. The lowest BCUT2D eigenvalue weighted by Gasteiger charge is -2.17. The Hall–Kier alpha value is -1.44. The van der Waals surface area contributed by atoms with Crippen molar-refractivity contribution in [1.29, 1.82) is 0 Å². The third kappa shape index (κ3) is 1.85. The number of hydrogen-bond donors (Lipinski definition) is 1. The topological polar surface area (TPSA) is 29.5 Å². The molecule has 0 fully saturated rings. The lowest BCUT2D eigenvalue weighted by Crippen LogP contribution is -2.00. The van der Waals surface area contributed by atoms with E-state index in [1.807, 2.05) is 13.0 Å². The Morgan fingerprint density at radius 3 is 2.68 bits per heavy atom. The van der Waals surface area contributed by atoms with Crippen LogP contribution in [0.5, 0.6) is 5.75 Å². The smallest absolute Gasteiger partial charge is 0.126 e. The van der Waals surface area contributed by atoms with Gasteiger partial charge in [-0.2, -0.15) is 0 Å². The van der Waals surface area contributed by atoms with Crippen LogP contribution >= 0.6 is 0 Å². The molecule has 0 aromatic heterocycles. The molecule has 2 aliphatic rings. The number of hydrogen-bond acceptors (Lipinski definition) is 2. The molecule has 2 nitrogen and oxygen atoms in total. The van der Waals surface area contributed by atoms with Gasteiger partial charge in [0.1, 0.15) is 5.75 Å². The monoisotopic (exact) mass is 258 g/mol. The number of fused-ring (bicyclic) bond motifs is 3. The molecule has 1 atom stereocenters. The number of benzene rings is 1. The summed E-state index contributed by atoms with van der Waals surface area (Å²) in [5, 5.41) is 10.6. The Balaban J connectivity index is 2.25. The van der Waals surface area contributed by atoms with Crippen molar-refractivity contribution in [1.82, 2.24) is 0 Å². The molecule has 0 bridgehead atoms. The molecule has 2 aliphatic carbocycles. The molecule has 19 heavy (non-hydrogen) atoms. The van der Waals surface area contributed by atoms with E-state index in [0.717, 1.165) is 24.2 Å². The molecule has 1 unspecified atom stereocenters. The van der Waals surface area contributed by atoms with Crippen LogP contribution in [0, 0.1) is 0 Å². The van der Waals surface area contributed by atoms with E-state index in [2.05, 4.69) is 6.92 Å². The minimum Gasteiger partial charge on any atom is -0.507 e. The van der Waals surface area contributed by atoms with Gasteiger partial charge in [-0.25, -0.2) is 0 Å². The van der Waals surface area contributed by atoms with Crippen molar-refractivity contribution in [2.24, 2.45) is 0 Å². The molecular weight excluding hydrogens is 236 g/mol. The van der Waals surface area contributed by atoms with Gasteiger partial charge in [-0.3, -0.25) is 0 Å². The zero-order valence-electron chi connectivity index (χ0n) is 12.0. The Morgan fingerprint density at radius 2 is 1.95 bits per heavy atom. The summed E-state index contributed by atoms with van der Waals surface area (Å²) in [4.78, 5) is 0. The zero-order valence-corrected chi connectivity index (χ0v) is 12.0. The van der Waals surface area contributed by atoms with Crippen LogP contribution in [0.2, 0.25) is 0 Å². The number of methoxy groups -OCH3 is 1. The first-order chi connectivity index (χ1) is 9.13. The minimum atomic E-state index is 0.511. The average Bonchev–Trinajstić information content (AvgIpc) is 3.00.